The summed E-state index contributed by atoms with van der Waals surface area (Å²) in [6.45, 7) is 2.42. The van der Waals surface area contributed by atoms with Gasteiger partial charge in [-0.05, 0) is 55.8 Å². The molecule has 1 aromatic carbocycles. The summed E-state index contributed by atoms with van der Waals surface area (Å²) in [6, 6.07) is 6.77. The number of rotatable bonds is 5. The van der Waals surface area contributed by atoms with Crippen LogP contribution in [-0.4, -0.2) is 62.2 Å². The summed E-state index contributed by atoms with van der Waals surface area (Å²) in [5.41, 5.74) is 1.66. The van der Waals surface area contributed by atoms with Gasteiger partial charge in [0, 0.05) is 17.3 Å². The Bertz CT molecular complexity index is 1230. The smallest absolute Gasteiger partial charge is 0.417 e. The molecule has 11 nitrogen and oxygen atoms in total. The van der Waals surface area contributed by atoms with Gasteiger partial charge in [-0.15, -0.1) is 10.2 Å². The van der Waals surface area contributed by atoms with Crippen LogP contribution in [0.5, 0.6) is 0 Å². The number of pyridine rings is 1. The van der Waals surface area contributed by atoms with Crippen LogP contribution in [0.4, 0.5) is 14.9 Å². The zero-order chi connectivity index (χ0) is 23.8. The summed E-state index contributed by atoms with van der Waals surface area (Å²) < 4.78 is 25.7. The zero-order valence-corrected chi connectivity index (χ0v) is 18.5. The van der Waals surface area contributed by atoms with E-state index in [1.807, 2.05) is 0 Å². The highest BCUT2D eigenvalue weighted by atomic mass is 19.1. The lowest BCUT2D eigenvalue weighted by Gasteiger charge is -2.21. The minimum absolute atomic E-state index is 0.296. The number of nitrogens with one attached hydrogen (secondary N) is 1. The van der Waals surface area contributed by atoms with Crippen molar-refractivity contribution in [2.24, 2.45) is 7.05 Å². The molecule has 1 N–H and O–H groups in total. The van der Waals surface area contributed by atoms with Crippen molar-refractivity contribution in [3.8, 4) is 22.6 Å². The van der Waals surface area contributed by atoms with E-state index in [1.54, 1.807) is 38.2 Å². The molecule has 1 amide bonds. The quantitative estimate of drug-likeness (QED) is 0.561. The van der Waals surface area contributed by atoms with E-state index in [0.717, 1.165) is 13.0 Å². The fourth-order valence-corrected chi connectivity index (χ4v) is 4.05. The molecule has 0 bridgehead atoms. The van der Waals surface area contributed by atoms with E-state index in [9.17, 15) is 9.59 Å². The number of halogens is 1. The lowest BCUT2D eigenvalue weighted by atomic mass is 10.1. The van der Waals surface area contributed by atoms with Crippen molar-refractivity contribution in [3.63, 3.8) is 0 Å². The minimum atomic E-state index is -1.07. The molecule has 2 aliphatic rings. The molecule has 5 rings (SSSR count). The number of benzene rings is 1. The Hall–Kier alpha value is -3.93. The topological polar surface area (TPSA) is 124 Å². The standard InChI is InChI=1S/C22H22FN7O4/c1-12-21(33-20(31)18-4-3-9-24-18)34-22(32)30(12)14-6-7-15(16(23)10-14)13-5-8-17(25-11-13)19-26-28-29(2)27-19/h5-8,10-12,18,21,24H,3-4,9H2,1-2H3/t12-,18+,21?/m1/s1. The second kappa shape index (κ2) is 8.78. The van der Waals surface area contributed by atoms with Crippen molar-refractivity contribution in [1.82, 2.24) is 30.5 Å². The third-order valence-electron chi connectivity index (χ3n) is 5.83. The number of aromatic nitrogens is 5. The summed E-state index contributed by atoms with van der Waals surface area (Å²) in [4.78, 5) is 31.7. The van der Waals surface area contributed by atoms with E-state index in [1.165, 1.54) is 22.0 Å². The number of cyclic esters (lactones) is 1. The fourth-order valence-electron chi connectivity index (χ4n) is 4.05. The third kappa shape index (κ3) is 4.07. The summed E-state index contributed by atoms with van der Waals surface area (Å²) in [5, 5.41) is 14.8. The summed E-state index contributed by atoms with van der Waals surface area (Å²) >= 11 is 0. The Morgan fingerprint density at radius 3 is 2.79 bits per heavy atom. The Morgan fingerprint density at radius 1 is 1.29 bits per heavy atom. The van der Waals surface area contributed by atoms with E-state index in [0.29, 0.717) is 34.8 Å². The summed E-state index contributed by atoms with van der Waals surface area (Å²) in [7, 11) is 1.65. The number of hydrogen-bond donors (Lipinski definition) is 1. The number of carbonyl (C=O) groups excluding carboxylic acids is 2. The Labute approximate surface area is 193 Å². The average molecular weight is 467 g/mol. The number of esters is 1. The van der Waals surface area contributed by atoms with Gasteiger partial charge in [0.2, 0.25) is 5.82 Å². The van der Waals surface area contributed by atoms with Crippen LogP contribution in [0.3, 0.4) is 0 Å². The second-order valence-electron chi connectivity index (χ2n) is 8.15. The molecule has 2 saturated heterocycles. The molecule has 0 saturated carbocycles. The maximum Gasteiger partial charge on any atom is 0.417 e. The van der Waals surface area contributed by atoms with Gasteiger partial charge in [-0.25, -0.2) is 9.18 Å². The number of aryl methyl sites for hydroxylation is 1. The molecule has 2 aliphatic heterocycles. The lowest BCUT2D eigenvalue weighted by Crippen LogP contribution is -2.40. The predicted octanol–water partition coefficient (Wildman–Crippen LogP) is 2.04. The van der Waals surface area contributed by atoms with Gasteiger partial charge in [0.15, 0.2) is 0 Å². The van der Waals surface area contributed by atoms with Crippen molar-refractivity contribution < 1.29 is 23.5 Å². The molecule has 2 fully saturated rings. The molecule has 176 valence electrons. The van der Waals surface area contributed by atoms with E-state index < -0.39 is 36.3 Å². The molecule has 1 unspecified atom stereocenters. The fraction of sp³-hybridized carbons (Fsp3) is 0.364. The number of ether oxygens (including phenoxy) is 2. The van der Waals surface area contributed by atoms with Crippen LogP contribution in [0.15, 0.2) is 36.5 Å². The molecule has 4 heterocycles. The normalized spacial score (nSPS) is 22.1. The molecular weight excluding hydrogens is 445 g/mol. The zero-order valence-electron chi connectivity index (χ0n) is 18.5. The molecule has 3 atom stereocenters. The molecule has 3 aromatic rings. The van der Waals surface area contributed by atoms with Gasteiger partial charge < -0.3 is 14.8 Å². The van der Waals surface area contributed by atoms with E-state index >= 15 is 4.39 Å². The highest BCUT2D eigenvalue weighted by Crippen LogP contribution is 2.32. The van der Waals surface area contributed by atoms with Crippen LogP contribution in [0, 0.1) is 5.82 Å². The van der Waals surface area contributed by atoms with E-state index in [2.05, 4.69) is 25.7 Å². The second-order valence-corrected chi connectivity index (χ2v) is 8.15. The number of anilines is 1. The maximum absolute atomic E-state index is 15.0. The molecular formula is C22H22FN7O4. The van der Waals surface area contributed by atoms with Crippen LogP contribution < -0.4 is 10.2 Å². The van der Waals surface area contributed by atoms with Gasteiger partial charge in [-0.1, -0.05) is 6.07 Å². The van der Waals surface area contributed by atoms with Gasteiger partial charge in [0.05, 0.1) is 12.7 Å². The van der Waals surface area contributed by atoms with Crippen molar-refractivity contribution in [2.45, 2.75) is 38.1 Å². The first-order valence-electron chi connectivity index (χ1n) is 10.8. The first-order chi connectivity index (χ1) is 16.4. The number of hydrogen-bond acceptors (Lipinski definition) is 9. The Morgan fingerprint density at radius 2 is 2.15 bits per heavy atom. The molecule has 34 heavy (non-hydrogen) atoms. The van der Waals surface area contributed by atoms with Crippen molar-refractivity contribution >= 4 is 17.7 Å². The molecule has 2 aromatic heterocycles. The van der Waals surface area contributed by atoms with Crippen LogP contribution in [0.2, 0.25) is 0 Å². The van der Waals surface area contributed by atoms with Crippen LogP contribution in [0.1, 0.15) is 19.8 Å². The summed E-state index contributed by atoms with van der Waals surface area (Å²) in [6.07, 6.45) is 1.29. The minimum Gasteiger partial charge on any atom is -0.422 e. The molecule has 12 heteroatoms. The van der Waals surface area contributed by atoms with Crippen LogP contribution >= 0.6 is 0 Å². The number of carbonyl (C=O) groups is 2. The van der Waals surface area contributed by atoms with Crippen molar-refractivity contribution in [1.29, 1.82) is 0 Å². The van der Waals surface area contributed by atoms with Crippen molar-refractivity contribution in [2.75, 3.05) is 11.4 Å². The number of amides is 1. The SMILES string of the molecule is C[C@@H]1C(OC(=O)[C@@H]2CCCN2)OC(=O)N1c1ccc(-c2ccc(-c3nnn(C)n3)nc2)c(F)c1. The van der Waals surface area contributed by atoms with Gasteiger partial charge >= 0.3 is 12.1 Å². The monoisotopic (exact) mass is 467 g/mol. The lowest BCUT2D eigenvalue weighted by molar-refractivity contribution is -0.167. The average Bonchev–Trinajstić information content (AvgIpc) is 3.56. The number of tetrazole rings is 1. The van der Waals surface area contributed by atoms with Crippen LogP contribution in [0.25, 0.3) is 22.6 Å². The van der Waals surface area contributed by atoms with Gasteiger partial charge in [-0.2, -0.15) is 4.80 Å². The Balaban J connectivity index is 1.32. The highest BCUT2D eigenvalue weighted by molar-refractivity contribution is 5.91. The molecule has 0 aliphatic carbocycles. The largest absolute Gasteiger partial charge is 0.422 e. The number of nitrogens with zero attached hydrogens (tertiary/aromatic N) is 6. The summed E-state index contributed by atoms with van der Waals surface area (Å²) in [5.74, 6) is -0.635. The Kier molecular flexibility index (Phi) is 5.65. The molecule has 0 radical (unpaired) electrons. The predicted molar refractivity (Wildman–Crippen MR) is 117 cm³/mol. The molecule has 0 spiro atoms. The highest BCUT2D eigenvalue weighted by Gasteiger charge is 2.43. The van der Waals surface area contributed by atoms with Crippen molar-refractivity contribution in [3.05, 3.63) is 42.3 Å². The van der Waals surface area contributed by atoms with Gasteiger partial charge in [-0.3, -0.25) is 14.7 Å². The van der Waals surface area contributed by atoms with E-state index in [4.69, 9.17) is 9.47 Å². The first-order valence-corrected chi connectivity index (χ1v) is 10.8. The first kappa shape index (κ1) is 21.9. The van der Waals surface area contributed by atoms with Crippen LogP contribution in [-0.2, 0) is 21.3 Å². The van der Waals surface area contributed by atoms with E-state index in [-0.39, 0.29) is 0 Å². The van der Waals surface area contributed by atoms with Gasteiger partial charge in [0.1, 0.15) is 23.6 Å². The third-order valence-corrected chi connectivity index (χ3v) is 5.83. The van der Waals surface area contributed by atoms with Gasteiger partial charge in [0.25, 0.3) is 6.29 Å². The maximum atomic E-state index is 15.0.